The van der Waals surface area contributed by atoms with Crippen LogP contribution in [0.5, 0.6) is 11.5 Å². The molecule has 132 valence electrons. The zero-order valence-electron chi connectivity index (χ0n) is 14.0. The number of aromatic nitrogens is 1. The number of ether oxygens (including phenoxy) is 2. The Kier molecular flexibility index (Phi) is 5.18. The quantitative estimate of drug-likeness (QED) is 0.791. The largest absolute Gasteiger partial charge is 0.497 e. The molecular formula is C17H19N3O4S. The van der Waals surface area contributed by atoms with Crippen LogP contribution in [0, 0.1) is 5.92 Å². The van der Waals surface area contributed by atoms with Crippen LogP contribution < -0.4 is 20.1 Å². The fraction of sp³-hybridized carbons (Fsp3) is 0.353. The highest BCUT2D eigenvalue weighted by atomic mass is 32.1. The maximum atomic E-state index is 12.2. The second-order valence-corrected chi connectivity index (χ2v) is 6.56. The molecule has 0 aliphatic heterocycles. The number of carbonyl (C=O) groups excluding carboxylic acids is 2. The Morgan fingerprint density at radius 1 is 1.24 bits per heavy atom. The van der Waals surface area contributed by atoms with Gasteiger partial charge >= 0.3 is 0 Å². The van der Waals surface area contributed by atoms with Crippen LogP contribution in [0.1, 0.15) is 18.5 Å². The summed E-state index contributed by atoms with van der Waals surface area (Å²) in [5.41, 5.74) is 1.17. The Labute approximate surface area is 149 Å². The van der Waals surface area contributed by atoms with E-state index in [-0.39, 0.29) is 24.2 Å². The van der Waals surface area contributed by atoms with Gasteiger partial charge in [0.05, 0.1) is 32.0 Å². The molecule has 1 heterocycles. The van der Waals surface area contributed by atoms with Crippen LogP contribution in [0.4, 0.5) is 10.8 Å². The predicted molar refractivity (Wildman–Crippen MR) is 95.3 cm³/mol. The average molecular weight is 361 g/mol. The maximum Gasteiger partial charge on any atom is 0.230 e. The molecule has 1 aliphatic rings. The van der Waals surface area contributed by atoms with Gasteiger partial charge in [-0.3, -0.25) is 9.59 Å². The highest BCUT2D eigenvalue weighted by molar-refractivity contribution is 7.13. The Morgan fingerprint density at radius 2 is 2.04 bits per heavy atom. The molecule has 0 saturated heterocycles. The molecule has 25 heavy (non-hydrogen) atoms. The van der Waals surface area contributed by atoms with Crippen molar-refractivity contribution in [3.63, 3.8) is 0 Å². The van der Waals surface area contributed by atoms with E-state index in [4.69, 9.17) is 9.47 Å². The van der Waals surface area contributed by atoms with E-state index in [1.165, 1.54) is 18.4 Å². The van der Waals surface area contributed by atoms with Gasteiger partial charge < -0.3 is 20.1 Å². The Hall–Kier alpha value is -2.61. The lowest BCUT2D eigenvalue weighted by atomic mass is 10.2. The summed E-state index contributed by atoms with van der Waals surface area (Å²) in [6.45, 7) is 0. The van der Waals surface area contributed by atoms with Gasteiger partial charge in [0.15, 0.2) is 5.13 Å². The van der Waals surface area contributed by atoms with Crippen molar-refractivity contribution in [2.75, 3.05) is 24.9 Å². The van der Waals surface area contributed by atoms with Crippen LogP contribution in [-0.4, -0.2) is 31.0 Å². The first-order chi connectivity index (χ1) is 12.1. The summed E-state index contributed by atoms with van der Waals surface area (Å²) in [4.78, 5) is 28.2. The molecule has 3 rings (SSSR count). The molecule has 0 atom stereocenters. The monoisotopic (exact) mass is 361 g/mol. The van der Waals surface area contributed by atoms with E-state index in [0.717, 1.165) is 12.8 Å². The molecule has 1 fully saturated rings. The van der Waals surface area contributed by atoms with Gasteiger partial charge in [-0.2, -0.15) is 0 Å². The molecule has 0 radical (unpaired) electrons. The fourth-order valence-corrected chi connectivity index (χ4v) is 2.97. The number of methoxy groups -OCH3 is 2. The summed E-state index contributed by atoms with van der Waals surface area (Å²) in [5.74, 6) is 1.08. The van der Waals surface area contributed by atoms with Crippen molar-refractivity contribution in [3.8, 4) is 11.5 Å². The van der Waals surface area contributed by atoms with Crippen LogP contribution in [0.25, 0.3) is 0 Å². The fourth-order valence-electron chi connectivity index (χ4n) is 2.26. The molecule has 7 nitrogen and oxygen atoms in total. The van der Waals surface area contributed by atoms with Gasteiger partial charge in [0, 0.05) is 17.4 Å². The second-order valence-electron chi connectivity index (χ2n) is 5.70. The first kappa shape index (κ1) is 17.2. The molecule has 1 aliphatic carbocycles. The van der Waals surface area contributed by atoms with Gasteiger partial charge in [0.25, 0.3) is 0 Å². The van der Waals surface area contributed by atoms with Crippen LogP contribution >= 0.6 is 11.3 Å². The first-order valence-corrected chi connectivity index (χ1v) is 8.74. The number of anilines is 2. The van der Waals surface area contributed by atoms with Gasteiger partial charge in [-0.25, -0.2) is 4.98 Å². The number of nitrogens with zero attached hydrogens (tertiary/aromatic N) is 1. The first-order valence-electron chi connectivity index (χ1n) is 7.86. The normalized spacial score (nSPS) is 13.2. The van der Waals surface area contributed by atoms with Crippen molar-refractivity contribution < 1.29 is 19.1 Å². The summed E-state index contributed by atoms with van der Waals surface area (Å²) >= 11 is 1.32. The van der Waals surface area contributed by atoms with Gasteiger partial charge in [-0.05, 0) is 25.0 Å². The summed E-state index contributed by atoms with van der Waals surface area (Å²) in [6.07, 6.45) is 2.00. The third-order valence-electron chi connectivity index (χ3n) is 3.75. The minimum atomic E-state index is -0.214. The molecule has 2 amide bonds. The minimum Gasteiger partial charge on any atom is -0.497 e. The number of thiazole rings is 1. The highest BCUT2D eigenvalue weighted by Gasteiger charge is 2.30. The number of benzene rings is 1. The average Bonchev–Trinajstić information content (AvgIpc) is 3.37. The van der Waals surface area contributed by atoms with Crippen LogP contribution in [-0.2, 0) is 16.0 Å². The molecular weight excluding hydrogens is 342 g/mol. The lowest BCUT2D eigenvalue weighted by Crippen LogP contribution is -2.16. The van der Waals surface area contributed by atoms with E-state index in [2.05, 4.69) is 15.6 Å². The van der Waals surface area contributed by atoms with Crippen molar-refractivity contribution >= 4 is 34.0 Å². The second kappa shape index (κ2) is 7.52. The lowest BCUT2D eigenvalue weighted by molar-refractivity contribution is -0.117. The zero-order chi connectivity index (χ0) is 17.8. The highest BCUT2D eigenvalue weighted by Crippen LogP contribution is 2.31. The third-order valence-corrected chi connectivity index (χ3v) is 4.56. The van der Waals surface area contributed by atoms with Crippen molar-refractivity contribution in [2.45, 2.75) is 19.3 Å². The van der Waals surface area contributed by atoms with E-state index in [1.54, 1.807) is 30.7 Å². The third kappa shape index (κ3) is 4.48. The van der Waals surface area contributed by atoms with E-state index < -0.39 is 0 Å². The Balaban J connectivity index is 1.59. The molecule has 1 aromatic carbocycles. The van der Waals surface area contributed by atoms with E-state index in [9.17, 15) is 9.59 Å². The zero-order valence-corrected chi connectivity index (χ0v) is 14.8. The standard InChI is InChI=1S/C17H19N3O4S/c1-23-12-5-6-13(14(8-12)24-2)19-15(21)7-11-9-25-17(18-11)20-16(22)10-3-4-10/h5-6,8-10H,3-4,7H2,1-2H3,(H,19,21)(H,18,20,22). The maximum absolute atomic E-state index is 12.2. The minimum absolute atomic E-state index is 0.00770. The van der Waals surface area contributed by atoms with Crippen molar-refractivity contribution in [3.05, 3.63) is 29.3 Å². The summed E-state index contributed by atoms with van der Waals surface area (Å²) < 4.78 is 10.4. The van der Waals surface area contributed by atoms with Crippen molar-refractivity contribution in [1.82, 2.24) is 4.98 Å². The molecule has 1 saturated carbocycles. The number of carbonyl (C=O) groups is 2. The SMILES string of the molecule is COc1ccc(NC(=O)Cc2csc(NC(=O)C3CC3)n2)c(OC)c1. The number of hydrogen-bond acceptors (Lipinski definition) is 6. The molecule has 8 heteroatoms. The number of amides is 2. The van der Waals surface area contributed by atoms with E-state index in [1.807, 2.05) is 0 Å². The Morgan fingerprint density at radius 3 is 2.72 bits per heavy atom. The molecule has 0 spiro atoms. The van der Waals surface area contributed by atoms with E-state index in [0.29, 0.717) is 28.0 Å². The number of nitrogens with one attached hydrogen (secondary N) is 2. The lowest BCUT2D eigenvalue weighted by Gasteiger charge is -2.11. The molecule has 0 unspecified atom stereocenters. The molecule has 0 bridgehead atoms. The molecule has 1 aromatic heterocycles. The summed E-state index contributed by atoms with van der Waals surface area (Å²) in [5, 5.41) is 7.88. The summed E-state index contributed by atoms with van der Waals surface area (Å²) in [7, 11) is 3.09. The number of rotatable bonds is 7. The van der Waals surface area contributed by atoms with E-state index >= 15 is 0 Å². The molecule has 2 aromatic rings. The Bertz CT molecular complexity index is 786. The van der Waals surface area contributed by atoms with Crippen LogP contribution in [0.15, 0.2) is 23.6 Å². The van der Waals surface area contributed by atoms with Gasteiger partial charge in [0.1, 0.15) is 11.5 Å². The van der Waals surface area contributed by atoms with Gasteiger partial charge in [0.2, 0.25) is 11.8 Å². The van der Waals surface area contributed by atoms with Gasteiger partial charge in [-0.15, -0.1) is 11.3 Å². The van der Waals surface area contributed by atoms with Crippen LogP contribution in [0.2, 0.25) is 0 Å². The predicted octanol–water partition coefficient (Wildman–Crippen LogP) is 2.69. The van der Waals surface area contributed by atoms with Crippen LogP contribution in [0.3, 0.4) is 0 Å². The topological polar surface area (TPSA) is 89.6 Å². The summed E-state index contributed by atoms with van der Waals surface area (Å²) in [6, 6.07) is 5.16. The van der Waals surface area contributed by atoms with Crippen molar-refractivity contribution in [1.29, 1.82) is 0 Å². The van der Waals surface area contributed by atoms with Gasteiger partial charge in [-0.1, -0.05) is 0 Å². The number of hydrogen-bond donors (Lipinski definition) is 2. The van der Waals surface area contributed by atoms with Crippen molar-refractivity contribution in [2.24, 2.45) is 5.92 Å². The molecule has 2 N–H and O–H groups in total. The smallest absolute Gasteiger partial charge is 0.230 e.